The number of aryl methyl sites for hydroxylation is 1. The van der Waals surface area contributed by atoms with Gasteiger partial charge in [0.1, 0.15) is 0 Å². The summed E-state index contributed by atoms with van der Waals surface area (Å²) >= 11 is 4.56. The molecule has 0 bridgehead atoms. The third kappa shape index (κ3) is 3.86. The molecule has 176 valence electrons. The zero-order chi connectivity index (χ0) is 24.7. The summed E-state index contributed by atoms with van der Waals surface area (Å²) in [4.78, 5) is 32.8. The molecule has 0 atom stereocenters. The third-order valence-electron chi connectivity index (χ3n) is 6.00. The Hall–Kier alpha value is -4.01. The second-order valence-corrected chi connectivity index (χ2v) is 8.23. The van der Waals surface area contributed by atoms with Crippen molar-refractivity contribution in [2.75, 3.05) is 6.54 Å². The van der Waals surface area contributed by atoms with Crippen LogP contribution in [0.5, 0.6) is 0 Å². The van der Waals surface area contributed by atoms with E-state index < -0.39 is 23.6 Å². The van der Waals surface area contributed by atoms with E-state index in [9.17, 15) is 22.8 Å². The van der Waals surface area contributed by atoms with Crippen LogP contribution in [0.2, 0.25) is 0 Å². The Labute approximate surface area is 202 Å². The average Bonchev–Trinajstić information content (AvgIpc) is 3.48. The second-order valence-electron chi connectivity index (χ2n) is 8.04. The monoisotopic (exact) mass is 494 g/mol. The lowest BCUT2D eigenvalue weighted by atomic mass is 9.95. The molecular formula is C25H17F3N4O2S. The van der Waals surface area contributed by atoms with Gasteiger partial charge in [-0.2, -0.15) is 13.2 Å². The Kier molecular flexibility index (Phi) is 5.62. The van der Waals surface area contributed by atoms with E-state index in [1.54, 1.807) is 12.3 Å². The lowest BCUT2D eigenvalue weighted by Crippen LogP contribution is -2.22. The van der Waals surface area contributed by atoms with E-state index in [0.29, 0.717) is 18.5 Å². The normalized spacial score (nSPS) is 14.1. The highest BCUT2D eigenvalue weighted by atomic mass is 32.1. The van der Waals surface area contributed by atoms with E-state index >= 15 is 0 Å². The van der Waals surface area contributed by atoms with Gasteiger partial charge in [0.15, 0.2) is 0 Å². The van der Waals surface area contributed by atoms with Gasteiger partial charge in [-0.3, -0.25) is 14.9 Å². The van der Waals surface area contributed by atoms with Crippen LogP contribution in [0.4, 0.5) is 13.2 Å². The highest BCUT2D eigenvalue weighted by molar-refractivity contribution is 7.78. The van der Waals surface area contributed by atoms with Gasteiger partial charge in [-0.25, -0.2) is 4.99 Å². The number of thiocarbonyl (C=S) groups is 1. The number of nitrogens with zero attached hydrogens (tertiary/aromatic N) is 2. The molecule has 0 spiro atoms. The number of aromatic amines is 1. The minimum absolute atomic E-state index is 0.0414. The van der Waals surface area contributed by atoms with Crippen LogP contribution in [0.15, 0.2) is 59.9 Å². The number of carbonyl (C=O) groups is 2. The summed E-state index contributed by atoms with van der Waals surface area (Å²) in [7, 11) is 0. The van der Waals surface area contributed by atoms with Crippen molar-refractivity contribution in [3.05, 3.63) is 71.5 Å². The van der Waals surface area contributed by atoms with Gasteiger partial charge in [-0.15, -0.1) is 0 Å². The second kappa shape index (κ2) is 8.65. The summed E-state index contributed by atoms with van der Waals surface area (Å²) in [5, 5.41) is 5.51. The standard InChI is InChI=1S/C25H17F3N4O2S/c26-25(27,28)18-7-3-6-15-17(12-32(22(15)18)10-4-9-29-13-35)21-20(23(33)31-24(21)34)16-11-30-19-8-2-1-5-14(16)19/h1-3,5-8,11-12,30H,4,9-10H2,(H,31,33,34). The lowest BCUT2D eigenvalue weighted by Gasteiger charge is -2.12. The summed E-state index contributed by atoms with van der Waals surface area (Å²) in [6.45, 7) is 0.504. The molecule has 5 rings (SSSR count). The van der Waals surface area contributed by atoms with Gasteiger partial charge in [0, 0.05) is 46.4 Å². The zero-order valence-electron chi connectivity index (χ0n) is 18.1. The van der Waals surface area contributed by atoms with E-state index in [4.69, 9.17) is 0 Å². The van der Waals surface area contributed by atoms with Crippen LogP contribution in [-0.4, -0.2) is 33.1 Å². The van der Waals surface area contributed by atoms with Gasteiger partial charge in [-0.1, -0.05) is 30.3 Å². The number of carbonyl (C=O) groups excluding carboxylic acids is 2. The fourth-order valence-electron chi connectivity index (χ4n) is 4.58. The molecule has 0 radical (unpaired) electrons. The predicted molar refractivity (Wildman–Crippen MR) is 130 cm³/mol. The SMILES string of the molecule is O=C1NC(=O)C(c2cn(CCCN=C=S)c3c(C(F)(F)F)cccc23)=C1c1c[nH]c2ccccc12. The number of isothiocyanates is 1. The molecule has 0 unspecified atom stereocenters. The summed E-state index contributed by atoms with van der Waals surface area (Å²) in [6.07, 6.45) is -1.06. The number of aliphatic imine (C=N–C) groups is 1. The summed E-state index contributed by atoms with van der Waals surface area (Å²) in [5.74, 6) is -1.25. The quantitative estimate of drug-likeness (QED) is 0.167. The number of aromatic nitrogens is 2. The first-order valence-electron chi connectivity index (χ1n) is 10.7. The van der Waals surface area contributed by atoms with E-state index in [-0.39, 0.29) is 34.2 Å². The minimum Gasteiger partial charge on any atom is -0.361 e. The number of amides is 2. The third-order valence-corrected chi connectivity index (χ3v) is 6.13. The van der Waals surface area contributed by atoms with Crippen molar-refractivity contribution in [1.29, 1.82) is 0 Å². The van der Waals surface area contributed by atoms with Gasteiger partial charge >= 0.3 is 6.18 Å². The molecule has 4 aromatic rings. The van der Waals surface area contributed by atoms with E-state index in [0.717, 1.165) is 17.0 Å². The van der Waals surface area contributed by atoms with Crippen molar-refractivity contribution in [3.63, 3.8) is 0 Å². The molecule has 10 heteroatoms. The predicted octanol–water partition coefficient (Wildman–Crippen LogP) is 5.20. The first-order valence-corrected chi connectivity index (χ1v) is 11.1. The van der Waals surface area contributed by atoms with Gasteiger partial charge in [0.2, 0.25) is 0 Å². The number of rotatable bonds is 6. The molecular weight excluding hydrogens is 477 g/mol. The zero-order valence-corrected chi connectivity index (χ0v) is 18.9. The molecule has 1 aliphatic heterocycles. The van der Waals surface area contributed by atoms with Crippen molar-refractivity contribution in [3.8, 4) is 0 Å². The number of hydrogen-bond acceptors (Lipinski definition) is 4. The molecule has 2 N–H and O–H groups in total. The molecule has 35 heavy (non-hydrogen) atoms. The largest absolute Gasteiger partial charge is 0.418 e. The first-order chi connectivity index (χ1) is 16.8. The highest BCUT2D eigenvalue weighted by Gasteiger charge is 2.38. The first kappa shape index (κ1) is 22.8. The number of alkyl halides is 3. The maximum absolute atomic E-state index is 13.9. The number of imide groups is 1. The Balaban J connectivity index is 1.78. The number of para-hydroxylation sites is 2. The van der Waals surface area contributed by atoms with Crippen molar-refractivity contribution in [1.82, 2.24) is 14.9 Å². The molecule has 1 aliphatic rings. The maximum atomic E-state index is 13.9. The minimum atomic E-state index is -4.61. The molecule has 0 saturated heterocycles. The smallest absolute Gasteiger partial charge is 0.361 e. The number of benzene rings is 2. The van der Waals surface area contributed by atoms with Crippen LogP contribution in [0.25, 0.3) is 33.0 Å². The van der Waals surface area contributed by atoms with Gasteiger partial charge in [-0.05, 0) is 30.8 Å². The van der Waals surface area contributed by atoms with Crippen LogP contribution in [0.3, 0.4) is 0 Å². The van der Waals surface area contributed by atoms with Crippen LogP contribution in [0.1, 0.15) is 23.1 Å². The fourth-order valence-corrected chi connectivity index (χ4v) is 4.67. The van der Waals surface area contributed by atoms with Crippen LogP contribution >= 0.6 is 12.2 Å². The number of H-pyrrole nitrogens is 1. The van der Waals surface area contributed by atoms with E-state index in [1.807, 2.05) is 18.2 Å². The molecule has 6 nitrogen and oxygen atoms in total. The fraction of sp³-hybridized carbons (Fsp3) is 0.160. The lowest BCUT2D eigenvalue weighted by molar-refractivity contribution is -0.136. The molecule has 0 fully saturated rings. The van der Waals surface area contributed by atoms with Gasteiger partial charge in [0.05, 0.1) is 33.9 Å². The summed E-state index contributed by atoms with van der Waals surface area (Å²) < 4.78 is 43.3. The Bertz CT molecular complexity index is 1590. The molecule has 2 aromatic heterocycles. The average molecular weight is 494 g/mol. The number of nitrogens with one attached hydrogen (secondary N) is 2. The Morgan fingerprint density at radius 2 is 1.69 bits per heavy atom. The number of fused-ring (bicyclic) bond motifs is 2. The summed E-state index contributed by atoms with van der Waals surface area (Å²) in [6, 6.07) is 11.1. The van der Waals surface area contributed by atoms with Gasteiger partial charge in [0.25, 0.3) is 11.8 Å². The van der Waals surface area contributed by atoms with Crippen molar-refractivity contribution in [2.24, 2.45) is 4.99 Å². The molecule has 2 amide bonds. The van der Waals surface area contributed by atoms with E-state index in [1.165, 1.54) is 22.9 Å². The van der Waals surface area contributed by atoms with Crippen molar-refractivity contribution < 1.29 is 22.8 Å². The van der Waals surface area contributed by atoms with Crippen molar-refractivity contribution >= 4 is 62.1 Å². The Morgan fingerprint density at radius 1 is 0.971 bits per heavy atom. The molecule has 3 heterocycles. The highest BCUT2D eigenvalue weighted by Crippen LogP contribution is 2.42. The summed E-state index contributed by atoms with van der Waals surface area (Å²) in [5.41, 5.74) is 0.810. The van der Waals surface area contributed by atoms with Crippen LogP contribution in [0, 0.1) is 0 Å². The molecule has 2 aromatic carbocycles. The molecule has 0 saturated carbocycles. The topological polar surface area (TPSA) is 79.2 Å². The number of hydrogen-bond donors (Lipinski definition) is 2. The van der Waals surface area contributed by atoms with Crippen LogP contribution < -0.4 is 5.32 Å². The van der Waals surface area contributed by atoms with Crippen LogP contribution in [-0.2, 0) is 22.3 Å². The van der Waals surface area contributed by atoms with E-state index in [2.05, 4.69) is 32.7 Å². The Morgan fingerprint density at radius 3 is 2.43 bits per heavy atom. The van der Waals surface area contributed by atoms with Crippen molar-refractivity contribution in [2.45, 2.75) is 19.1 Å². The number of halogens is 3. The molecule has 0 aliphatic carbocycles. The van der Waals surface area contributed by atoms with Gasteiger partial charge < -0.3 is 9.55 Å². The maximum Gasteiger partial charge on any atom is 0.418 e.